The predicted octanol–water partition coefficient (Wildman–Crippen LogP) is 3.57. The lowest BCUT2D eigenvalue weighted by molar-refractivity contribution is -0.119. The summed E-state index contributed by atoms with van der Waals surface area (Å²) in [5.41, 5.74) is 9.09. The van der Waals surface area contributed by atoms with Crippen LogP contribution in [0.4, 0.5) is 11.5 Å². The maximum absolute atomic E-state index is 13.6. The normalized spacial score (nSPS) is 15.7. The van der Waals surface area contributed by atoms with E-state index in [1.807, 2.05) is 31.3 Å². The fourth-order valence-corrected chi connectivity index (χ4v) is 4.96. The lowest BCUT2D eigenvalue weighted by atomic mass is 9.98. The van der Waals surface area contributed by atoms with Crippen LogP contribution in [0.25, 0.3) is 21.9 Å². The molecule has 2 aromatic heterocycles. The van der Waals surface area contributed by atoms with Crippen molar-refractivity contribution in [2.45, 2.75) is 24.8 Å². The van der Waals surface area contributed by atoms with Gasteiger partial charge in [-0.05, 0) is 54.3 Å². The van der Waals surface area contributed by atoms with Gasteiger partial charge in [-0.15, -0.1) is 12.4 Å². The number of nitrogens with two attached hydrogens (primary N) is 1. The molecule has 1 amide bonds. The van der Waals surface area contributed by atoms with Crippen LogP contribution in [0.5, 0.6) is 0 Å². The number of carbonyl (C=O) groups excluding carboxylic acids is 1. The van der Waals surface area contributed by atoms with E-state index in [9.17, 15) is 9.59 Å². The summed E-state index contributed by atoms with van der Waals surface area (Å²) in [5, 5.41) is 12.8. The molecule has 3 heterocycles. The lowest BCUT2D eigenvalue weighted by Crippen LogP contribution is -2.29. The van der Waals surface area contributed by atoms with Gasteiger partial charge >= 0.3 is 0 Å². The Morgan fingerprint density at radius 3 is 2.67 bits per heavy atom. The lowest BCUT2D eigenvalue weighted by Gasteiger charge is -2.20. The SMILES string of the molecule is Cl.Cn1ncc(-c2ccc3c(=O)[nH]nc(CN)c3c2)c1N1C(=O)C2(CC2)c2cc(Cl)ccc21. The number of halogens is 2. The van der Waals surface area contributed by atoms with Gasteiger partial charge in [0.1, 0.15) is 5.82 Å². The smallest absolute Gasteiger partial charge is 0.272 e. The highest BCUT2D eigenvalue weighted by molar-refractivity contribution is 6.31. The third-order valence-corrected chi connectivity index (χ3v) is 6.80. The van der Waals surface area contributed by atoms with Crippen molar-refractivity contribution in [3.8, 4) is 11.1 Å². The number of H-pyrrole nitrogens is 1. The average Bonchev–Trinajstić information content (AvgIpc) is 3.47. The number of nitrogens with zero attached hydrogens (tertiary/aromatic N) is 4. The summed E-state index contributed by atoms with van der Waals surface area (Å²) < 4.78 is 1.71. The highest BCUT2D eigenvalue weighted by atomic mass is 35.5. The van der Waals surface area contributed by atoms with Crippen LogP contribution in [0, 0.1) is 0 Å². The standard InChI is InChI=1S/C23H19ClN6O2.ClH/c1-29-21(30-19-5-3-13(24)9-17(19)23(6-7-23)22(30)32)16(11-26-29)12-2-4-14-15(8-12)18(10-25)27-28-20(14)31;/h2-5,8-9,11H,6-7,10,25H2,1H3,(H,28,31);1H. The number of fused-ring (bicyclic) bond motifs is 3. The van der Waals surface area contributed by atoms with Crippen LogP contribution in [0.1, 0.15) is 24.1 Å². The first kappa shape index (κ1) is 21.6. The number of carbonyl (C=O) groups is 1. The molecular formula is C23H20Cl2N6O2. The molecule has 1 fully saturated rings. The molecule has 0 bridgehead atoms. The van der Waals surface area contributed by atoms with Crippen LogP contribution in [-0.4, -0.2) is 25.9 Å². The van der Waals surface area contributed by atoms with E-state index in [1.165, 1.54) is 0 Å². The molecule has 10 heteroatoms. The van der Waals surface area contributed by atoms with Crippen molar-refractivity contribution in [3.05, 3.63) is 69.2 Å². The van der Waals surface area contributed by atoms with E-state index in [4.69, 9.17) is 17.3 Å². The zero-order valence-electron chi connectivity index (χ0n) is 17.6. The molecule has 0 radical (unpaired) electrons. The Kier molecular flexibility index (Phi) is 4.86. The number of aryl methyl sites for hydroxylation is 1. The van der Waals surface area contributed by atoms with E-state index in [-0.39, 0.29) is 30.4 Å². The van der Waals surface area contributed by atoms with Crippen molar-refractivity contribution < 1.29 is 4.79 Å². The summed E-state index contributed by atoms with van der Waals surface area (Å²) in [7, 11) is 1.82. The molecule has 1 aliphatic carbocycles. The third-order valence-electron chi connectivity index (χ3n) is 6.57. The van der Waals surface area contributed by atoms with E-state index in [0.29, 0.717) is 27.3 Å². The average molecular weight is 483 g/mol. The molecule has 0 saturated heterocycles. The predicted molar refractivity (Wildman–Crippen MR) is 129 cm³/mol. The van der Waals surface area contributed by atoms with Gasteiger partial charge in [0.15, 0.2) is 0 Å². The Bertz CT molecular complexity index is 1500. The second-order valence-electron chi connectivity index (χ2n) is 8.35. The quantitative estimate of drug-likeness (QED) is 0.463. The molecule has 6 rings (SSSR count). The molecule has 8 nitrogen and oxygen atoms in total. The van der Waals surface area contributed by atoms with E-state index in [2.05, 4.69) is 15.3 Å². The van der Waals surface area contributed by atoms with Gasteiger partial charge in [0.05, 0.1) is 28.4 Å². The molecule has 1 aliphatic heterocycles. The fourth-order valence-electron chi connectivity index (χ4n) is 4.79. The van der Waals surface area contributed by atoms with Gasteiger partial charge in [0.2, 0.25) is 5.91 Å². The summed E-state index contributed by atoms with van der Waals surface area (Å²) in [5.74, 6) is 0.718. The number of rotatable bonds is 3. The van der Waals surface area contributed by atoms with Crippen molar-refractivity contribution in [1.82, 2.24) is 20.0 Å². The molecule has 1 saturated carbocycles. The maximum atomic E-state index is 13.6. The minimum Gasteiger partial charge on any atom is -0.325 e. The largest absolute Gasteiger partial charge is 0.325 e. The van der Waals surface area contributed by atoms with E-state index >= 15 is 0 Å². The summed E-state index contributed by atoms with van der Waals surface area (Å²) >= 11 is 6.26. The number of hydrogen-bond acceptors (Lipinski definition) is 5. The Hall–Kier alpha value is -3.20. The van der Waals surface area contributed by atoms with Gasteiger partial charge < -0.3 is 5.73 Å². The first-order valence-corrected chi connectivity index (χ1v) is 10.7. The number of amides is 1. The van der Waals surface area contributed by atoms with E-state index < -0.39 is 5.41 Å². The molecule has 3 N–H and O–H groups in total. The monoisotopic (exact) mass is 482 g/mol. The molecule has 2 aliphatic rings. The summed E-state index contributed by atoms with van der Waals surface area (Å²) in [6.45, 7) is 0.192. The first-order chi connectivity index (χ1) is 15.4. The van der Waals surface area contributed by atoms with E-state index in [0.717, 1.165) is 35.2 Å². The number of aromatic amines is 1. The third kappa shape index (κ3) is 2.95. The number of anilines is 2. The van der Waals surface area contributed by atoms with Crippen LogP contribution < -0.4 is 16.2 Å². The molecule has 0 unspecified atom stereocenters. The molecular weight excluding hydrogens is 463 g/mol. The van der Waals surface area contributed by atoms with E-state index in [1.54, 1.807) is 27.9 Å². The van der Waals surface area contributed by atoms with Crippen molar-refractivity contribution in [1.29, 1.82) is 0 Å². The maximum Gasteiger partial charge on any atom is 0.272 e. The van der Waals surface area contributed by atoms with Crippen molar-refractivity contribution in [2.75, 3.05) is 4.90 Å². The molecule has 168 valence electrons. The van der Waals surface area contributed by atoms with Gasteiger partial charge in [-0.1, -0.05) is 17.7 Å². The molecule has 33 heavy (non-hydrogen) atoms. The van der Waals surface area contributed by atoms with Crippen LogP contribution in [0.2, 0.25) is 5.02 Å². The van der Waals surface area contributed by atoms with Crippen molar-refractivity contribution in [3.63, 3.8) is 0 Å². The number of aromatic nitrogens is 4. The molecule has 1 spiro atoms. The van der Waals surface area contributed by atoms with Crippen LogP contribution in [0.15, 0.2) is 47.4 Å². The van der Waals surface area contributed by atoms with Crippen molar-refractivity contribution >= 4 is 52.2 Å². The minimum atomic E-state index is -0.491. The molecule has 2 aromatic carbocycles. The zero-order valence-corrected chi connectivity index (χ0v) is 19.2. The van der Waals surface area contributed by atoms with Gasteiger partial charge in [-0.2, -0.15) is 10.2 Å². The molecule has 4 aromatic rings. The topological polar surface area (TPSA) is 110 Å². The number of benzene rings is 2. The fraction of sp³-hybridized carbons (Fsp3) is 0.217. The van der Waals surface area contributed by atoms with Crippen LogP contribution in [0.3, 0.4) is 0 Å². The zero-order chi connectivity index (χ0) is 22.2. The highest BCUT2D eigenvalue weighted by Crippen LogP contribution is 2.60. The van der Waals surface area contributed by atoms with Gasteiger partial charge in [-0.25, -0.2) is 5.10 Å². The Labute approximate surface area is 199 Å². The molecule has 0 atom stereocenters. The van der Waals surface area contributed by atoms with Gasteiger partial charge in [0.25, 0.3) is 5.56 Å². The Balaban J connectivity index is 0.00000228. The minimum absolute atomic E-state index is 0. The second-order valence-corrected chi connectivity index (χ2v) is 8.79. The Morgan fingerprint density at radius 2 is 1.94 bits per heavy atom. The van der Waals surface area contributed by atoms with Crippen LogP contribution >= 0.6 is 24.0 Å². The summed E-state index contributed by atoms with van der Waals surface area (Å²) in [6, 6.07) is 11.1. The number of hydrogen-bond donors (Lipinski definition) is 2. The van der Waals surface area contributed by atoms with Crippen LogP contribution in [-0.2, 0) is 23.8 Å². The Morgan fingerprint density at radius 1 is 1.15 bits per heavy atom. The van der Waals surface area contributed by atoms with Crippen molar-refractivity contribution in [2.24, 2.45) is 12.8 Å². The first-order valence-electron chi connectivity index (χ1n) is 10.3. The summed E-state index contributed by atoms with van der Waals surface area (Å²) in [4.78, 5) is 27.6. The van der Waals surface area contributed by atoms with Gasteiger partial charge in [-0.3, -0.25) is 19.2 Å². The summed E-state index contributed by atoms with van der Waals surface area (Å²) in [6.07, 6.45) is 3.36. The highest BCUT2D eigenvalue weighted by Gasteiger charge is 2.60. The van der Waals surface area contributed by atoms with Gasteiger partial charge in [0, 0.05) is 29.6 Å². The second kappa shape index (κ2) is 7.41. The number of nitrogens with one attached hydrogen (secondary N) is 1.